The number of nitrogens with one attached hydrogen (secondary N) is 1. The molecule has 0 saturated carbocycles. The smallest absolute Gasteiger partial charge is 0.250 e. The molecule has 2 aromatic rings. The number of benzene rings is 2. The van der Waals surface area contributed by atoms with Gasteiger partial charge in [0.2, 0.25) is 0 Å². The van der Waals surface area contributed by atoms with E-state index in [0.717, 1.165) is 28.4 Å². The molecule has 0 spiro atoms. The van der Waals surface area contributed by atoms with E-state index in [9.17, 15) is 4.79 Å². The highest BCUT2D eigenvalue weighted by molar-refractivity contribution is 7.98. The molecule has 1 amide bonds. The third-order valence-corrected chi connectivity index (χ3v) is 5.15. The molecule has 2 aromatic carbocycles. The summed E-state index contributed by atoms with van der Waals surface area (Å²) >= 11 is 7.67. The zero-order chi connectivity index (χ0) is 18.4. The lowest BCUT2D eigenvalue weighted by atomic mass is 10.1. The van der Waals surface area contributed by atoms with Gasteiger partial charge in [-0.2, -0.15) is 17.0 Å². The molecule has 0 bridgehead atoms. The van der Waals surface area contributed by atoms with E-state index in [0.29, 0.717) is 22.7 Å². The summed E-state index contributed by atoms with van der Waals surface area (Å²) in [6.07, 6.45) is 1.82. The molecule has 3 rings (SSSR count). The Labute approximate surface area is 161 Å². The zero-order valence-corrected chi connectivity index (χ0v) is 15.6. The summed E-state index contributed by atoms with van der Waals surface area (Å²) in [6.45, 7) is 0.807. The van der Waals surface area contributed by atoms with Gasteiger partial charge in [-0.3, -0.25) is 4.79 Å². The highest BCUT2D eigenvalue weighted by Gasteiger charge is 2.17. The second kappa shape index (κ2) is 8.79. The standard InChI is InChI=1S/C20H17ClN2O2S/c21-18-5-6-19-16(10-18)9-17(12-25-19)20(24)23-7-8-26-13-15-4-2-1-3-14(15)11-22/h1-6,9-10H,7-8,12-13H2,(H,23,24). The van der Waals surface area contributed by atoms with Crippen molar-refractivity contribution in [1.29, 1.82) is 5.26 Å². The summed E-state index contributed by atoms with van der Waals surface area (Å²) in [5.74, 6) is 2.12. The normalized spacial score (nSPS) is 12.4. The maximum absolute atomic E-state index is 12.3. The molecule has 0 aliphatic carbocycles. The number of carbonyl (C=O) groups is 1. The van der Waals surface area contributed by atoms with E-state index >= 15 is 0 Å². The van der Waals surface area contributed by atoms with E-state index in [1.807, 2.05) is 30.3 Å². The van der Waals surface area contributed by atoms with Crippen LogP contribution in [-0.2, 0) is 10.5 Å². The molecule has 26 heavy (non-hydrogen) atoms. The summed E-state index contributed by atoms with van der Waals surface area (Å²) < 4.78 is 5.60. The van der Waals surface area contributed by atoms with E-state index < -0.39 is 0 Å². The van der Waals surface area contributed by atoms with Crippen LogP contribution in [0.1, 0.15) is 16.7 Å². The van der Waals surface area contributed by atoms with Crippen LogP contribution in [0.15, 0.2) is 48.0 Å². The lowest BCUT2D eigenvalue weighted by Crippen LogP contribution is -2.30. The Morgan fingerprint density at radius 3 is 3.00 bits per heavy atom. The zero-order valence-electron chi connectivity index (χ0n) is 14.0. The number of hydrogen-bond donors (Lipinski definition) is 1. The molecule has 1 heterocycles. The molecule has 0 radical (unpaired) electrons. The molecule has 1 aliphatic heterocycles. The van der Waals surface area contributed by atoms with Crippen molar-refractivity contribution in [3.63, 3.8) is 0 Å². The first-order valence-electron chi connectivity index (χ1n) is 8.14. The first-order chi connectivity index (χ1) is 12.7. The van der Waals surface area contributed by atoms with Gasteiger partial charge in [-0.15, -0.1) is 0 Å². The van der Waals surface area contributed by atoms with Gasteiger partial charge in [-0.25, -0.2) is 0 Å². The fourth-order valence-corrected chi connectivity index (χ4v) is 3.61. The molecule has 1 aliphatic rings. The van der Waals surface area contributed by atoms with Gasteiger partial charge in [0.25, 0.3) is 5.91 Å². The average Bonchev–Trinajstić information content (AvgIpc) is 2.67. The summed E-state index contributed by atoms with van der Waals surface area (Å²) in [7, 11) is 0. The Balaban J connectivity index is 1.47. The lowest BCUT2D eigenvalue weighted by molar-refractivity contribution is -0.117. The molecular formula is C20H17ClN2O2S. The minimum atomic E-state index is -0.131. The first kappa shape index (κ1) is 18.4. The molecule has 0 unspecified atom stereocenters. The summed E-state index contributed by atoms with van der Waals surface area (Å²) in [6, 6.07) is 15.1. The molecule has 0 fully saturated rings. The number of halogens is 1. The topological polar surface area (TPSA) is 62.1 Å². The van der Waals surface area contributed by atoms with Gasteiger partial charge in [0.05, 0.1) is 17.2 Å². The van der Waals surface area contributed by atoms with Crippen molar-refractivity contribution < 1.29 is 9.53 Å². The van der Waals surface area contributed by atoms with Crippen LogP contribution in [0.3, 0.4) is 0 Å². The number of nitrogens with zero attached hydrogens (tertiary/aromatic N) is 1. The van der Waals surface area contributed by atoms with Crippen molar-refractivity contribution in [2.24, 2.45) is 0 Å². The molecule has 0 atom stereocenters. The molecule has 132 valence electrons. The lowest BCUT2D eigenvalue weighted by Gasteiger charge is -2.17. The Kier molecular flexibility index (Phi) is 6.21. The van der Waals surface area contributed by atoms with Crippen molar-refractivity contribution in [1.82, 2.24) is 5.32 Å². The van der Waals surface area contributed by atoms with Crippen molar-refractivity contribution in [2.45, 2.75) is 5.75 Å². The number of thioether (sulfide) groups is 1. The van der Waals surface area contributed by atoms with Gasteiger partial charge in [0, 0.05) is 28.6 Å². The van der Waals surface area contributed by atoms with E-state index in [-0.39, 0.29) is 12.5 Å². The van der Waals surface area contributed by atoms with Crippen LogP contribution in [0.5, 0.6) is 5.75 Å². The van der Waals surface area contributed by atoms with Gasteiger partial charge in [0.1, 0.15) is 12.4 Å². The number of ether oxygens (including phenoxy) is 1. The molecule has 4 nitrogen and oxygen atoms in total. The van der Waals surface area contributed by atoms with Crippen LogP contribution < -0.4 is 10.1 Å². The SMILES string of the molecule is N#Cc1ccccc1CSCCNC(=O)C1=Cc2cc(Cl)ccc2OC1. The number of hydrogen-bond acceptors (Lipinski definition) is 4. The van der Waals surface area contributed by atoms with Gasteiger partial charge >= 0.3 is 0 Å². The predicted molar refractivity (Wildman–Crippen MR) is 105 cm³/mol. The Bertz CT molecular complexity index is 890. The third-order valence-electron chi connectivity index (χ3n) is 3.90. The minimum absolute atomic E-state index is 0.131. The monoisotopic (exact) mass is 384 g/mol. The van der Waals surface area contributed by atoms with E-state index in [1.165, 1.54) is 0 Å². The molecular weight excluding hydrogens is 368 g/mol. The number of fused-ring (bicyclic) bond motifs is 1. The van der Waals surface area contributed by atoms with Crippen LogP contribution >= 0.6 is 23.4 Å². The predicted octanol–water partition coefficient (Wildman–Crippen LogP) is 4.04. The fourth-order valence-electron chi connectivity index (χ4n) is 2.57. The van der Waals surface area contributed by atoms with Gasteiger partial charge in [0.15, 0.2) is 0 Å². The van der Waals surface area contributed by atoms with Crippen molar-refractivity contribution in [2.75, 3.05) is 18.9 Å². The summed E-state index contributed by atoms with van der Waals surface area (Å²) in [4.78, 5) is 12.3. The highest BCUT2D eigenvalue weighted by Crippen LogP contribution is 2.28. The van der Waals surface area contributed by atoms with E-state index in [1.54, 1.807) is 30.0 Å². The number of amides is 1. The van der Waals surface area contributed by atoms with Crippen molar-refractivity contribution in [3.8, 4) is 11.8 Å². The van der Waals surface area contributed by atoms with Crippen LogP contribution in [0.4, 0.5) is 0 Å². The van der Waals surface area contributed by atoms with Crippen LogP contribution in [0, 0.1) is 11.3 Å². The highest BCUT2D eigenvalue weighted by atomic mass is 35.5. The van der Waals surface area contributed by atoms with Gasteiger partial charge < -0.3 is 10.1 Å². The second-order valence-electron chi connectivity index (χ2n) is 5.72. The fraction of sp³-hybridized carbons (Fsp3) is 0.200. The minimum Gasteiger partial charge on any atom is -0.488 e. The number of carbonyl (C=O) groups excluding carboxylic acids is 1. The third kappa shape index (κ3) is 4.60. The first-order valence-corrected chi connectivity index (χ1v) is 9.67. The Hall–Kier alpha value is -2.42. The number of nitriles is 1. The maximum Gasteiger partial charge on any atom is 0.250 e. The molecule has 6 heteroatoms. The van der Waals surface area contributed by atoms with Crippen LogP contribution in [-0.4, -0.2) is 24.8 Å². The van der Waals surface area contributed by atoms with Crippen molar-refractivity contribution >= 4 is 35.3 Å². The Morgan fingerprint density at radius 2 is 2.15 bits per heavy atom. The molecule has 0 aromatic heterocycles. The second-order valence-corrected chi connectivity index (χ2v) is 7.26. The van der Waals surface area contributed by atoms with Crippen LogP contribution in [0.2, 0.25) is 5.02 Å². The summed E-state index contributed by atoms with van der Waals surface area (Å²) in [5, 5.41) is 12.6. The summed E-state index contributed by atoms with van der Waals surface area (Å²) in [5.41, 5.74) is 3.12. The average molecular weight is 385 g/mol. The van der Waals surface area contributed by atoms with E-state index in [2.05, 4.69) is 11.4 Å². The van der Waals surface area contributed by atoms with Crippen LogP contribution in [0.25, 0.3) is 6.08 Å². The van der Waals surface area contributed by atoms with Gasteiger partial charge in [-0.05, 0) is 35.9 Å². The van der Waals surface area contributed by atoms with Crippen molar-refractivity contribution in [3.05, 3.63) is 69.8 Å². The largest absolute Gasteiger partial charge is 0.488 e. The quantitative estimate of drug-likeness (QED) is 0.763. The van der Waals surface area contributed by atoms with Gasteiger partial charge in [-0.1, -0.05) is 29.8 Å². The molecule has 1 N–H and O–H groups in total. The Morgan fingerprint density at radius 1 is 1.31 bits per heavy atom. The number of rotatable bonds is 6. The maximum atomic E-state index is 12.3. The van der Waals surface area contributed by atoms with E-state index in [4.69, 9.17) is 21.6 Å². The molecule has 0 saturated heterocycles.